The van der Waals surface area contributed by atoms with E-state index in [-0.39, 0.29) is 29.7 Å². The summed E-state index contributed by atoms with van der Waals surface area (Å²) in [7, 11) is 0. The molecule has 2 amide bonds. The number of nitrogens with zero attached hydrogens (tertiary/aromatic N) is 3. The summed E-state index contributed by atoms with van der Waals surface area (Å²) in [6.07, 6.45) is 4.79. The minimum atomic E-state index is -0.668. The van der Waals surface area contributed by atoms with E-state index in [4.69, 9.17) is 33.7 Å². The van der Waals surface area contributed by atoms with E-state index >= 15 is 0 Å². The average molecular weight is 540 g/mol. The molecule has 2 aliphatic heterocycles. The van der Waals surface area contributed by atoms with Gasteiger partial charge in [-0.1, -0.05) is 42.1 Å². The van der Waals surface area contributed by atoms with Crippen LogP contribution >= 0.6 is 23.2 Å². The first-order valence-electron chi connectivity index (χ1n) is 13.0. The summed E-state index contributed by atoms with van der Waals surface area (Å²) in [5, 5.41) is 0.995. The lowest BCUT2D eigenvalue weighted by Crippen LogP contribution is -2.59. The Morgan fingerprint density at radius 1 is 1.08 bits per heavy atom. The monoisotopic (exact) mass is 538 g/mol. The number of rotatable bonds is 7. The van der Waals surface area contributed by atoms with Crippen molar-refractivity contribution in [2.45, 2.75) is 63.6 Å². The van der Waals surface area contributed by atoms with E-state index < -0.39 is 12.1 Å². The van der Waals surface area contributed by atoms with Crippen LogP contribution in [0.15, 0.2) is 18.2 Å². The highest BCUT2D eigenvalue weighted by molar-refractivity contribution is 6.35. The second kappa shape index (κ2) is 12.1. The summed E-state index contributed by atoms with van der Waals surface area (Å²) < 4.78 is 5.35. The molecular weight excluding hydrogens is 503 g/mol. The summed E-state index contributed by atoms with van der Waals surface area (Å²) in [5.41, 5.74) is 6.75. The fourth-order valence-electron chi connectivity index (χ4n) is 5.82. The zero-order chi connectivity index (χ0) is 25.8. The predicted octanol–water partition coefficient (Wildman–Crippen LogP) is 2.73. The van der Waals surface area contributed by atoms with Crippen LogP contribution < -0.4 is 5.73 Å². The maximum atomic E-state index is 13.8. The Morgan fingerprint density at radius 3 is 2.44 bits per heavy atom. The zero-order valence-electron chi connectivity index (χ0n) is 20.8. The molecule has 198 valence electrons. The van der Waals surface area contributed by atoms with Gasteiger partial charge in [-0.3, -0.25) is 19.3 Å². The Hall–Kier alpha value is -1.87. The van der Waals surface area contributed by atoms with Crippen molar-refractivity contribution in [1.29, 1.82) is 0 Å². The Morgan fingerprint density at radius 2 is 1.81 bits per heavy atom. The number of carbonyl (C=O) groups is 3. The van der Waals surface area contributed by atoms with Gasteiger partial charge in [0.2, 0.25) is 11.8 Å². The molecule has 4 rings (SSSR count). The number of nitrogens with two attached hydrogens (primary N) is 1. The molecule has 0 bridgehead atoms. The molecule has 10 heteroatoms. The minimum Gasteiger partial charge on any atom is -0.466 e. The van der Waals surface area contributed by atoms with Gasteiger partial charge in [-0.25, -0.2) is 0 Å². The third kappa shape index (κ3) is 5.98. The molecule has 3 fully saturated rings. The van der Waals surface area contributed by atoms with Gasteiger partial charge in [-0.05, 0) is 43.9 Å². The first-order chi connectivity index (χ1) is 17.3. The Bertz CT molecular complexity index is 969. The normalized spacial score (nSPS) is 26.2. The second-order valence-corrected chi connectivity index (χ2v) is 10.8. The molecular formula is C26H36Cl2N4O4. The molecule has 1 unspecified atom stereocenters. The molecule has 0 aromatic heterocycles. The summed E-state index contributed by atoms with van der Waals surface area (Å²) in [6.45, 7) is 5.15. The number of benzene rings is 1. The van der Waals surface area contributed by atoms with E-state index in [1.165, 1.54) is 0 Å². The third-order valence-electron chi connectivity index (χ3n) is 7.78. The first-order valence-corrected chi connectivity index (χ1v) is 13.7. The summed E-state index contributed by atoms with van der Waals surface area (Å²) in [5.74, 6) is -0.501. The van der Waals surface area contributed by atoms with Crippen molar-refractivity contribution in [2.24, 2.45) is 11.7 Å². The van der Waals surface area contributed by atoms with Crippen molar-refractivity contribution in [3.63, 3.8) is 0 Å². The van der Waals surface area contributed by atoms with E-state index in [9.17, 15) is 14.4 Å². The van der Waals surface area contributed by atoms with E-state index in [1.807, 2.05) is 17.9 Å². The molecule has 1 aliphatic carbocycles. The number of hydrogen-bond acceptors (Lipinski definition) is 6. The molecule has 36 heavy (non-hydrogen) atoms. The van der Waals surface area contributed by atoms with E-state index in [1.54, 1.807) is 17.0 Å². The van der Waals surface area contributed by atoms with Crippen molar-refractivity contribution < 1.29 is 19.1 Å². The van der Waals surface area contributed by atoms with Crippen molar-refractivity contribution in [3.8, 4) is 0 Å². The number of amides is 2. The van der Waals surface area contributed by atoms with Gasteiger partial charge in [0.05, 0.1) is 18.6 Å². The van der Waals surface area contributed by atoms with Crippen LogP contribution in [0.4, 0.5) is 0 Å². The molecule has 3 aliphatic rings. The van der Waals surface area contributed by atoms with Gasteiger partial charge in [-0.2, -0.15) is 0 Å². The van der Waals surface area contributed by atoms with Crippen LogP contribution in [0.1, 0.15) is 44.6 Å². The van der Waals surface area contributed by atoms with Crippen molar-refractivity contribution in [1.82, 2.24) is 14.7 Å². The van der Waals surface area contributed by atoms with Crippen molar-refractivity contribution in [2.75, 3.05) is 39.3 Å². The van der Waals surface area contributed by atoms with Crippen LogP contribution in [0, 0.1) is 5.92 Å². The van der Waals surface area contributed by atoms with Gasteiger partial charge in [0.25, 0.3) is 0 Å². The highest BCUT2D eigenvalue weighted by atomic mass is 35.5. The maximum absolute atomic E-state index is 13.8. The second-order valence-electron chi connectivity index (χ2n) is 9.95. The lowest BCUT2D eigenvalue weighted by atomic mass is 9.83. The molecule has 0 radical (unpaired) electrons. The average Bonchev–Trinajstić information content (AvgIpc) is 3.21. The number of piperazine rings is 1. The smallest absolute Gasteiger partial charge is 0.310 e. The van der Waals surface area contributed by atoms with Crippen molar-refractivity contribution in [3.05, 3.63) is 33.8 Å². The number of hydrogen-bond donors (Lipinski definition) is 1. The highest BCUT2D eigenvalue weighted by Crippen LogP contribution is 2.31. The van der Waals surface area contributed by atoms with Gasteiger partial charge >= 0.3 is 5.97 Å². The molecule has 0 spiro atoms. The fraction of sp³-hybridized carbons (Fsp3) is 0.654. The van der Waals surface area contributed by atoms with Crippen molar-refractivity contribution >= 4 is 41.0 Å². The quantitative estimate of drug-likeness (QED) is 0.536. The third-order valence-corrected chi connectivity index (χ3v) is 8.37. The Kier molecular flexibility index (Phi) is 9.15. The predicted molar refractivity (Wildman–Crippen MR) is 139 cm³/mol. The van der Waals surface area contributed by atoms with Crippen LogP contribution in [0.25, 0.3) is 0 Å². The summed E-state index contributed by atoms with van der Waals surface area (Å²) >= 11 is 12.5. The fourth-order valence-corrected chi connectivity index (χ4v) is 6.30. The van der Waals surface area contributed by atoms with Crippen LogP contribution in [-0.4, -0.2) is 89.9 Å². The van der Waals surface area contributed by atoms with Crippen LogP contribution in [0.3, 0.4) is 0 Å². The van der Waals surface area contributed by atoms with Gasteiger partial charge in [0.1, 0.15) is 6.04 Å². The molecule has 2 N–H and O–H groups in total. The minimum absolute atomic E-state index is 0.0892. The standard InChI is InChI=1S/C26H36Cl2N4O4/c1-2-36-26(35)19-5-3-4-6-22(19)30-11-13-31(14-12-30)25(34)23(32-10-9-21(29)24(32)33)15-17-7-8-18(27)16-20(17)28/h7-8,16,19,21-23H,2-6,9-15,29H2,1H3/t19-,21?,22-,23-/m1/s1. The molecule has 8 nitrogen and oxygen atoms in total. The lowest BCUT2D eigenvalue weighted by Gasteiger charge is -2.44. The zero-order valence-corrected chi connectivity index (χ0v) is 22.3. The Labute approximate surface area is 223 Å². The van der Waals surface area contributed by atoms with E-state index in [0.29, 0.717) is 62.2 Å². The number of ether oxygens (including phenoxy) is 1. The number of carbonyl (C=O) groups excluding carboxylic acids is 3. The van der Waals surface area contributed by atoms with Gasteiger partial charge in [0.15, 0.2) is 0 Å². The Balaban J connectivity index is 1.46. The molecule has 1 aromatic rings. The van der Waals surface area contributed by atoms with Gasteiger partial charge in [0, 0.05) is 55.2 Å². The molecule has 2 heterocycles. The summed E-state index contributed by atoms with van der Waals surface area (Å²) in [4.78, 5) is 44.9. The first kappa shape index (κ1) is 27.2. The number of halogens is 2. The SMILES string of the molecule is CCOC(=O)[C@@H]1CCCC[C@H]1N1CCN(C(=O)[C@@H](Cc2ccc(Cl)cc2Cl)N2CCC(N)C2=O)CC1. The van der Waals surface area contributed by atoms with Gasteiger partial charge < -0.3 is 20.3 Å². The molecule has 4 atom stereocenters. The number of esters is 1. The number of likely N-dealkylation sites (tertiary alicyclic amines) is 1. The van der Waals surface area contributed by atoms with Gasteiger partial charge in [-0.15, -0.1) is 0 Å². The van der Waals surface area contributed by atoms with Crippen LogP contribution in [0.5, 0.6) is 0 Å². The van der Waals surface area contributed by atoms with E-state index in [0.717, 1.165) is 31.2 Å². The largest absolute Gasteiger partial charge is 0.466 e. The van der Waals surface area contributed by atoms with Crippen LogP contribution in [0.2, 0.25) is 10.0 Å². The molecule has 2 saturated heterocycles. The van der Waals surface area contributed by atoms with E-state index in [2.05, 4.69) is 4.90 Å². The summed E-state index contributed by atoms with van der Waals surface area (Å²) in [6, 6.07) is 4.10. The topological polar surface area (TPSA) is 96.2 Å². The lowest BCUT2D eigenvalue weighted by molar-refractivity contribution is -0.153. The maximum Gasteiger partial charge on any atom is 0.310 e. The molecule has 1 saturated carbocycles. The van der Waals surface area contributed by atoms with Crippen LogP contribution in [-0.2, 0) is 25.5 Å². The molecule has 1 aromatic carbocycles. The highest BCUT2D eigenvalue weighted by Gasteiger charge is 2.41.